The minimum atomic E-state index is -0.291. The van der Waals surface area contributed by atoms with E-state index in [-0.39, 0.29) is 11.8 Å². The van der Waals surface area contributed by atoms with Gasteiger partial charge in [-0.25, -0.2) is 4.79 Å². The monoisotopic (exact) mass is 341 g/mol. The van der Waals surface area contributed by atoms with Gasteiger partial charge in [-0.05, 0) is 31.5 Å². The maximum atomic E-state index is 12.1. The summed E-state index contributed by atoms with van der Waals surface area (Å²) in [5.74, 6) is 0.978. The van der Waals surface area contributed by atoms with Crippen LogP contribution in [0.3, 0.4) is 0 Å². The second kappa shape index (κ2) is 6.52. The SMILES string of the molecule is CC(C)c1cc([C@H]2CCCN2CCn2c(=O)oc3ccccc32)no1. The van der Waals surface area contributed by atoms with Crippen LogP contribution in [0.25, 0.3) is 11.1 Å². The van der Waals surface area contributed by atoms with Gasteiger partial charge in [0.2, 0.25) is 0 Å². The lowest BCUT2D eigenvalue weighted by Gasteiger charge is -2.22. The number of nitrogens with zero attached hydrogens (tertiary/aromatic N) is 3. The van der Waals surface area contributed by atoms with Crippen molar-refractivity contribution in [2.45, 2.75) is 45.2 Å². The van der Waals surface area contributed by atoms with Crippen LogP contribution in [0.5, 0.6) is 0 Å². The van der Waals surface area contributed by atoms with Crippen LogP contribution in [-0.4, -0.2) is 27.7 Å². The van der Waals surface area contributed by atoms with Gasteiger partial charge in [-0.2, -0.15) is 0 Å². The predicted octanol–water partition coefficient (Wildman–Crippen LogP) is 3.54. The molecular weight excluding hydrogens is 318 g/mol. The van der Waals surface area contributed by atoms with Crippen LogP contribution >= 0.6 is 0 Å². The van der Waals surface area contributed by atoms with Crippen molar-refractivity contribution in [2.24, 2.45) is 0 Å². The highest BCUT2D eigenvalue weighted by molar-refractivity contribution is 5.72. The van der Waals surface area contributed by atoms with Gasteiger partial charge in [0, 0.05) is 25.1 Å². The van der Waals surface area contributed by atoms with Crippen LogP contribution in [0.15, 0.2) is 44.1 Å². The molecule has 1 saturated heterocycles. The van der Waals surface area contributed by atoms with Crippen LogP contribution in [0.2, 0.25) is 0 Å². The van der Waals surface area contributed by atoms with E-state index in [1.165, 1.54) is 0 Å². The Morgan fingerprint density at radius 1 is 1.28 bits per heavy atom. The molecule has 1 fully saturated rings. The lowest BCUT2D eigenvalue weighted by Crippen LogP contribution is -2.29. The minimum absolute atomic E-state index is 0.269. The summed E-state index contributed by atoms with van der Waals surface area (Å²) in [6.07, 6.45) is 2.21. The Bertz CT molecular complexity index is 921. The Balaban J connectivity index is 1.51. The number of hydrogen-bond donors (Lipinski definition) is 0. The highest BCUT2D eigenvalue weighted by Crippen LogP contribution is 2.32. The van der Waals surface area contributed by atoms with Gasteiger partial charge >= 0.3 is 5.76 Å². The second-order valence-corrected chi connectivity index (χ2v) is 6.99. The fourth-order valence-corrected chi connectivity index (χ4v) is 3.62. The summed E-state index contributed by atoms with van der Waals surface area (Å²) < 4.78 is 12.5. The average Bonchev–Trinajstić information content (AvgIpc) is 3.30. The van der Waals surface area contributed by atoms with Gasteiger partial charge in [-0.3, -0.25) is 9.47 Å². The Hall–Kier alpha value is -2.34. The molecule has 1 aliphatic heterocycles. The van der Waals surface area contributed by atoms with E-state index in [1.54, 1.807) is 4.57 Å². The number of oxazole rings is 1. The summed E-state index contributed by atoms with van der Waals surface area (Å²) in [5.41, 5.74) is 2.50. The highest BCUT2D eigenvalue weighted by atomic mass is 16.5. The number of benzene rings is 1. The second-order valence-electron chi connectivity index (χ2n) is 6.99. The number of para-hydroxylation sites is 2. The summed E-state index contributed by atoms with van der Waals surface area (Å²) in [5, 5.41) is 4.28. The van der Waals surface area contributed by atoms with Crippen molar-refractivity contribution in [1.82, 2.24) is 14.6 Å². The van der Waals surface area contributed by atoms with E-state index in [2.05, 4.69) is 30.0 Å². The molecule has 1 atom stereocenters. The standard InChI is InChI=1S/C19H23N3O3/c1-13(2)18-12-14(20-25-18)15-7-5-9-21(15)10-11-22-16-6-3-4-8-17(16)24-19(22)23/h3-4,6,8,12-13,15H,5,7,9-11H2,1-2H3/t15-/m1/s1. The maximum Gasteiger partial charge on any atom is 0.419 e. The lowest BCUT2D eigenvalue weighted by atomic mass is 10.1. The number of hydrogen-bond acceptors (Lipinski definition) is 5. The molecule has 1 aliphatic rings. The number of rotatable bonds is 5. The van der Waals surface area contributed by atoms with E-state index < -0.39 is 0 Å². The molecular formula is C19H23N3O3. The molecule has 0 radical (unpaired) electrons. The molecule has 6 heteroatoms. The molecule has 25 heavy (non-hydrogen) atoms. The quantitative estimate of drug-likeness (QED) is 0.710. The number of aromatic nitrogens is 2. The van der Waals surface area contributed by atoms with Crippen LogP contribution in [0.1, 0.15) is 50.1 Å². The van der Waals surface area contributed by atoms with Crippen molar-refractivity contribution < 1.29 is 8.94 Å². The third-order valence-corrected chi connectivity index (χ3v) is 5.01. The van der Waals surface area contributed by atoms with Crippen molar-refractivity contribution in [3.63, 3.8) is 0 Å². The first-order valence-electron chi connectivity index (χ1n) is 8.92. The molecule has 0 spiro atoms. The van der Waals surface area contributed by atoms with Gasteiger partial charge in [-0.15, -0.1) is 0 Å². The van der Waals surface area contributed by atoms with Crippen molar-refractivity contribution in [3.05, 3.63) is 52.3 Å². The molecule has 0 unspecified atom stereocenters. The summed E-state index contributed by atoms with van der Waals surface area (Å²) in [4.78, 5) is 14.5. The van der Waals surface area contributed by atoms with Gasteiger partial charge in [-0.1, -0.05) is 31.1 Å². The Kier molecular flexibility index (Phi) is 4.21. The summed E-state index contributed by atoms with van der Waals surface area (Å²) in [6, 6.07) is 9.90. The Labute approximate surface area is 146 Å². The molecule has 6 nitrogen and oxygen atoms in total. The van der Waals surface area contributed by atoms with E-state index in [0.29, 0.717) is 18.0 Å². The normalized spacial score (nSPS) is 18.6. The van der Waals surface area contributed by atoms with Gasteiger partial charge in [0.05, 0.1) is 11.6 Å². The van der Waals surface area contributed by atoms with E-state index >= 15 is 0 Å². The Morgan fingerprint density at radius 3 is 2.92 bits per heavy atom. The van der Waals surface area contributed by atoms with Crippen LogP contribution in [-0.2, 0) is 6.54 Å². The van der Waals surface area contributed by atoms with Gasteiger partial charge in [0.15, 0.2) is 5.58 Å². The third-order valence-electron chi connectivity index (χ3n) is 5.01. The maximum absolute atomic E-state index is 12.1. The van der Waals surface area contributed by atoms with Crippen molar-refractivity contribution in [2.75, 3.05) is 13.1 Å². The molecule has 0 bridgehead atoms. The van der Waals surface area contributed by atoms with Crippen LogP contribution in [0, 0.1) is 0 Å². The highest BCUT2D eigenvalue weighted by Gasteiger charge is 2.29. The molecule has 0 N–H and O–H groups in total. The van der Waals surface area contributed by atoms with Gasteiger partial charge in [0.1, 0.15) is 11.5 Å². The third kappa shape index (κ3) is 3.02. The molecule has 1 aromatic carbocycles. The van der Waals surface area contributed by atoms with Gasteiger partial charge < -0.3 is 8.94 Å². The smallest absolute Gasteiger partial charge is 0.408 e. The van der Waals surface area contributed by atoms with E-state index in [0.717, 1.165) is 42.9 Å². The first-order chi connectivity index (χ1) is 12.1. The van der Waals surface area contributed by atoms with E-state index in [1.807, 2.05) is 24.3 Å². The molecule has 0 aliphatic carbocycles. The predicted molar refractivity (Wildman–Crippen MR) is 94.6 cm³/mol. The first kappa shape index (κ1) is 16.1. The molecule has 132 valence electrons. The largest absolute Gasteiger partial charge is 0.419 e. The minimum Gasteiger partial charge on any atom is -0.408 e. The average molecular weight is 341 g/mol. The summed E-state index contributed by atoms with van der Waals surface area (Å²) in [6.45, 7) is 6.62. The lowest BCUT2D eigenvalue weighted by molar-refractivity contribution is 0.234. The molecule has 3 aromatic rings. The van der Waals surface area contributed by atoms with Crippen LogP contribution < -0.4 is 5.76 Å². The molecule has 0 saturated carbocycles. The van der Waals surface area contributed by atoms with Crippen molar-refractivity contribution >= 4 is 11.1 Å². The number of likely N-dealkylation sites (tertiary alicyclic amines) is 1. The fraction of sp³-hybridized carbons (Fsp3) is 0.474. The fourth-order valence-electron chi connectivity index (χ4n) is 3.62. The zero-order valence-corrected chi connectivity index (χ0v) is 14.6. The van der Waals surface area contributed by atoms with E-state index in [4.69, 9.17) is 8.94 Å². The molecule has 3 heterocycles. The molecule has 4 rings (SSSR count). The summed E-state index contributed by atoms with van der Waals surface area (Å²) in [7, 11) is 0. The topological polar surface area (TPSA) is 64.4 Å². The Morgan fingerprint density at radius 2 is 2.12 bits per heavy atom. The first-order valence-corrected chi connectivity index (χ1v) is 8.92. The van der Waals surface area contributed by atoms with Crippen molar-refractivity contribution in [3.8, 4) is 0 Å². The zero-order valence-electron chi connectivity index (χ0n) is 14.6. The molecule has 0 amide bonds. The van der Waals surface area contributed by atoms with Gasteiger partial charge in [0.25, 0.3) is 0 Å². The van der Waals surface area contributed by atoms with Crippen molar-refractivity contribution in [1.29, 1.82) is 0 Å². The summed E-state index contributed by atoms with van der Waals surface area (Å²) >= 11 is 0. The van der Waals surface area contributed by atoms with Crippen LogP contribution in [0.4, 0.5) is 0 Å². The van der Waals surface area contributed by atoms with E-state index in [9.17, 15) is 4.79 Å². The zero-order chi connectivity index (χ0) is 17.4. The molecule has 2 aromatic heterocycles. The number of fused-ring (bicyclic) bond motifs is 1.